The summed E-state index contributed by atoms with van der Waals surface area (Å²) in [6, 6.07) is 7.65. The van der Waals surface area contributed by atoms with Crippen molar-refractivity contribution in [3.05, 3.63) is 53.7 Å². The molecule has 1 heterocycles. The number of pyridine rings is 1. The first-order valence-electron chi connectivity index (χ1n) is 7.57. The zero-order valence-electron chi connectivity index (χ0n) is 13.6. The van der Waals surface area contributed by atoms with Gasteiger partial charge in [-0.3, -0.25) is 4.79 Å². The van der Waals surface area contributed by atoms with Gasteiger partial charge in [-0.1, -0.05) is 6.07 Å². The van der Waals surface area contributed by atoms with Crippen LogP contribution in [0.3, 0.4) is 0 Å². The maximum atomic E-state index is 12.7. The lowest BCUT2D eigenvalue weighted by Crippen LogP contribution is -2.14. The van der Waals surface area contributed by atoms with Crippen LogP contribution in [0.15, 0.2) is 42.6 Å². The molecule has 1 amide bonds. The molecule has 0 saturated carbocycles. The van der Waals surface area contributed by atoms with Gasteiger partial charge in [0, 0.05) is 32.1 Å². The second-order valence-corrected chi connectivity index (χ2v) is 5.24. The first kappa shape index (κ1) is 18.7. The van der Waals surface area contributed by atoms with Crippen LogP contribution in [0.25, 0.3) is 0 Å². The third kappa shape index (κ3) is 5.75. The highest BCUT2D eigenvalue weighted by Crippen LogP contribution is 2.30. The van der Waals surface area contributed by atoms with Crippen molar-refractivity contribution < 1.29 is 22.7 Å². The number of anilines is 2. The lowest BCUT2D eigenvalue weighted by atomic mass is 10.2. The zero-order chi connectivity index (χ0) is 18.3. The van der Waals surface area contributed by atoms with E-state index in [4.69, 9.17) is 4.74 Å². The van der Waals surface area contributed by atoms with Crippen molar-refractivity contribution in [1.29, 1.82) is 0 Å². The van der Waals surface area contributed by atoms with Crippen LogP contribution in [0.4, 0.5) is 24.7 Å². The normalized spacial score (nSPS) is 11.2. The van der Waals surface area contributed by atoms with Gasteiger partial charge in [0.05, 0.1) is 11.1 Å². The molecule has 1 aromatic heterocycles. The highest BCUT2D eigenvalue weighted by Gasteiger charge is 2.30. The molecule has 0 fully saturated rings. The number of carbonyl (C=O) groups is 1. The van der Waals surface area contributed by atoms with Gasteiger partial charge >= 0.3 is 6.18 Å². The van der Waals surface area contributed by atoms with Crippen molar-refractivity contribution in [2.75, 3.05) is 30.9 Å². The molecule has 0 aliphatic carbocycles. The number of hydrogen-bond donors (Lipinski definition) is 2. The molecule has 1 aromatic carbocycles. The number of aromatic nitrogens is 1. The Hall–Kier alpha value is -2.61. The van der Waals surface area contributed by atoms with Crippen LogP contribution >= 0.6 is 0 Å². The van der Waals surface area contributed by atoms with Crippen molar-refractivity contribution in [3.8, 4) is 0 Å². The molecule has 0 spiro atoms. The molecule has 0 aliphatic heterocycles. The minimum Gasteiger partial charge on any atom is -0.385 e. The Morgan fingerprint density at radius 3 is 2.68 bits per heavy atom. The van der Waals surface area contributed by atoms with Crippen LogP contribution in [0.2, 0.25) is 0 Å². The fourth-order valence-electron chi connectivity index (χ4n) is 2.04. The van der Waals surface area contributed by atoms with Gasteiger partial charge in [-0.2, -0.15) is 13.2 Å². The van der Waals surface area contributed by atoms with Gasteiger partial charge in [0.1, 0.15) is 5.82 Å². The average Bonchev–Trinajstić information content (AvgIpc) is 2.59. The predicted octanol–water partition coefficient (Wildman–Crippen LogP) is 3.80. The minimum atomic E-state index is -4.46. The van der Waals surface area contributed by atoms with Crippen LogP contribution in [0.5, 0.6) is 0 Å². The van der Waals surface area contributed by atoms with Gasteiger partial charge in [-0.25, -0.2) is 4.98 Å². The van der Waals surface area contributed by atoms with E-state index in [0.717, 1.165) is 18.6 Å². The summed E-state index contributed by atoms with van der Waals surface area (Å²) in [5.41, 5.74) is -0.500. The minimum absolute atomic E-state index is 0.0709. The predicted molar refractivity (Wildman–Crippen MR) is 88.6 cm³/mol. The SMILES string of the molecule is COCCCNc1ccc(C(=O)Nc2cccc(C(F)(F)F)c2)cn1. The van der Waals surface area contributed by atoms with Crippen molar-refractivity contribution in [1.82, 2.24) is 4.98 Å². The summed E-state index contributed by atoms with van der Waals surface area (Å²) in [5.74, 6) is 0.0736. The maximum absolute atomic E-state index is 12.7. The second-order valence-electron chi connectivity index (χ2n) is 5.24. The molecule has 0 radical (unpaired) electrons. The molecule has 134 valence electrons. The Morgan fingerprint density at radius 2 is 2.04 bits per heavy atom. The van der Waals surface area contributed by atoms with Crippen LogP contribution in [-0.2, 0) is 10.9 Å². The van der Waals surface area contributed by atoms with Gasteiger partial charge in [0.25, 0.3) is 5.91 Å². The monoisotopic (exact) mass is 353 g/mol. The number of hydrogen-bond acceptors (Lipinski definition) is 4. The van der Waals surface area contributed by atoms with E-state index < -0.39 is 17.6 Å². The van der Waals surface area contributed by atoms with Gasteiger partial charge in [-0.15, -0.1) is 0 Å². The van der Waals surface area contributed by atoms with Gasteiger partial charge in [0.15, 0.2) is 0 Å². The quantitative estimate of drug-likeness (QED) is 0.743. The van der Waals surface area contributed by atoms with Crippen LogP contribution in [-0.4, -0.2) is 31.2 Å². The molecule has 25 heavy (non-hydrogen) atoms. The van der Waals surface area contributed by atoms with E-state index in [-0.39, 0.29) is 11.3 Å². The standard InChI is InChI=1S/C17H18F3N3O2/c1-25-9-3-8-21-15-7-6-12(11-22-15)16(24)23-14-5-2-4-13(10-14)17(18,19)20/h2,4-7,10-11H,3,8-9H2,1H3,(H,21,22)(H,23,24). The smallest absolute Gasteiger partial charge is 0.385 e. The van der Waals surface area contributed by atoms with Crippen LogP contribution in [0.1, 0.15) is 22.3 Å². The number of amides is 1. The number of halogens is 3. The molecule has 2 rings (SSSR count). The molecule has 2 aromatic rings. The fraction of sp³-hybridized carbons (Fsp3) is 0.294. The van der Waals surface area contributed by atoms with E-state index in [1.165, 1.54) is 18.3 Å². The number of nitrogens with one attached hydrogen (secondary N) is 2. The Morgan fingerprint density at radius 1 is 1.24 bits per heavy atom. The fourth-order valence-corrected chi connectivity index (χ4v) is 2.04. The third-order valence-corrected chi connectivity index (χ3v) is 3.30. The maximum Gasteiger partial charge on any atom is 0.416 e. The lowest BCUT2D eigenvalue weighted by Gasteiger charge is -2.10. The number of ether oxygens (including phenoxy) is 1. The summed E-state index contributed by atoms with van der Waals surface area (Å²) < 4.78 is 43.0. The number of nitrogens with zero attached hydrogens (tertiary/aromatic N) is 1. The number of rotatable bonds is 7. The zero-order valence-corrected chi connectivity index (χ0v) is 13.6. The van der Waals surface area contributed by atoms with Crippen LogP contribution < -0.4 is 10.6 Å². The van der Waals surface area contributed by atoms with Crippen molar-refractivity contribution in [2.24, 2.45) is 0 Å². The Kier molecular flexibility index (Phi) is 6.35. The molecule has 0 saturated heterocycles. The molecular weight excluding hydrogens is 335 g/mol. The van der Waals surface area contributed by atoms with E-state index in [2.05, 4.69) is 15.6 Å². The van der Waals surface area contributed by atoms with Crippen LogP contribution in [0, 0.1) is 0 Å². The number of alkyl halides is 3. The number of methoxy groups -OCH3 is 1. The van der Waals surface area contributed by atoms with Gasteiger partial charge in [-0.05, 0) is 36.8 Å². The van der Waals surface area contributed by atoms with E-state index in [0.29, 0.717) is 19.0 Å². The van der Waals surface area contributed by atoms with E-state index in [1.807, 2.05) is 0 Å². The largest absolute Gasteiger partial charge is 0.416 e. The third-order valence-electron chi connectivity index (χ3n) is 3.30. The molecule has 8 heteroatoms. The Labute approximate surface area is 143 Å². The number of carbonyl (C=O) groups excluding carboxylic acids is 1. The molecule has 2 N–H and O–H groups in total. The van der Waals surface area contributed by atoms with E-state index in [1.54, 1.807) is 19.2 Å². The summed E-state index contributed by atoms with van der Waals surface area (Å²) >= 11 is 0. The second kappa shape index (κ2) is 8.48. The summed E-state index contributed by atoms with van der Waals surface area (Å²) in [6.45, 7) is 1.31. The molecule has 0 unspecified atom stereocenters. The first-order valence-corrected chi connectivity index (χ1v) is 7.57. The molecule has 0 atom stereocenters. The highest BCUT2D eigenvalue weighted by atomic mass is 19.4. The highest BCUT2D eigenvalue weighted by molar-refractivity contribution is 6.04. The van der Waals surface area contributed by atoms with Gasteiger partial charge in [0.2, 0.25) is 0 Å². The average molecular weight is 353 g/mol. The molecule has 0 bridgehead atoms. The molecule has 5 nitrogen and oxygen atoms in total. The summed E-state index contributed by atoms with van der Waals surface area (Å²) in [7, 11) is 1.62. The summed E-state index contributed by atoms with van der Waals surface area (Å²) in [5, 5.41) is 5.51. The molecular formula is C17H18F3N3O2. The van der Waals surface area contributed by atoms with E-state index in [9.17, 15) is 18.0 Å². The number of benzene rings is 1. The lowest BCUT2D eigenvalue weighted by molar-refractivity contribution is -0.137. The first-order chi connectivity index (χ1) is 11.9. The van der Waals surface area contributed by atoms with Gasteiger partial charge < -0.3 is 15.4 Å². The Balaban J connectivity index is 1.97. The van der Waals surface area contributed by atoms with E-state index >= 15 is 0 Å². The van der Waals surface area contributed by atoms with Crippen molar-refractivity contribution >= 4 is 17.4 Å². The summed E-state index contributed by atoms with van der Waals surface area (Å²) in [6.07, 6.45) is -2.28. The summed E-state index contributed by atoms with van der Waals surface area (Å²) in [4.78, 5) is 16.2. The van der Waals surface area contributed by atoms with Crippen molar-refractivity contribution in [2.45, 2.75) is 12.6 Å². The Bertz CT molecular complexity index is 703. The van der Waals surface area contributed by atoms with Crippen molar-refractivity contribution in [3.63, 3.8) is 0 Å². The topological polar surface area (TPSA) is 63.2 Å². The molecule has 0 aliphatic rings.